The molecular formula is C15H25N3O. The van der Waals surface area contributed by atoms with Gasteiger partial charge < -0.3 is 15.4 Å². The smallest absolute Gasteiger partial charge is 0.191 e. The number of guanidine groups is 1. The van der Waals surface area contributed by atoms with E-state index in [1.807, 2.05) is 24.3 Å². The molecule has 4 nitrogen and oxygen atoms in total. The third-order valence-electron chi connectivity index (χ3n) is 2.88. The number of hydrogen-bond acceptors (Lipinski definition) is 2. The molecule has 0 aromatic heterocycles. The van der Waals surface area contributed by atoms with E-state index in [4.69, 9.17) is 4.74 Å². The first-order valence-corrected chi connectivity index (χ1v) is 6.73. The average molecular weight is 263 g/mol. The van der Waals surface area contributed by atoms with Gasteiger partial charge in [0.25, 0.3) is 0 Å². The topological polar surface area (TPSA) is 45.7 Å². The molecule has 0 saturated heterocycles. The second kappa shape index (κ2) is 8.40. The molecule has 4 heteroatoms. The predicted octanol–water partition coefficient (Wildman–Crippen LogP) is 2.41. The van der Waals surface area contributed by atoms with Gasteiger partial charge in [0.15, 0.2) is 5.96 Å². The van der Waals surface area contributed by atoms with Crippen LogP contribution in [-0.2, 0) is 6.54 Å². The first-order chi connectivity index (χ1) is 9.17. The molecule has 0 saturated carbocycles. The minimum absolute atomic E-state index is 0.694. The second-order valence-corrected chi connectivity index (χ2v) is 4.85. The highest BCUT2D eigenvalue weighted by Crippen LogP contribution is 2.16. The molecule has 2 N–H and O–H groups in total. The van der Waals surface area contributed by atoms with Crippen molar-refractivity contribution in [2.24, 2.45) is 10.9 Å². The number of aliphatic imine (C=N–C) groups is 1. The quantitative estimate of drug-likeness (QED) is 0.612. The lowest BCUT2D eigenvalue weighted by molar-refractivity contribution is 0.409. The standard InChI is InChI=1S/C15H25N3O/c1-12(2)9-10-17-15(16-3)18-11-13-7-5-6-8-14(13)19-4/h5-8,12H,9-11H2,1-4H3,(H2,16,17,18). The van der Waals surface area contributed by atoms with E-state index in [0.717, 1.165) is 30.2 Å². The van der Waals surface area contributed by atoms with Gasteiger partial charge in [0.05, 0.1) is 7.11 Å². The zero-order valence-corrected chi connectivity index (χ0v) is 12.4. The average Bonchev–Trinajstić information content (AvgIpc) is 2.42. The Labute approximate surface area is 116 Å². The van der Waals surface area contributed by atoms with Crippen LogP contribution >= 0.6 is 0 Å². The van der Waals surface area contributed by atoms with Gasteiger partial charge >= 0.3 is 0 Å². The van der Waals surface area contributed by atoms with Gasteiger partial charge in [-0.25, -0.2) is 0 Å². The van der Waals surface area contributed by atoms with Gasteiger partial charge in [0.1, 0.15) is 5.75 Å². The Morgan fingerprint density at radius 3 is 2.63 bits per heavy atom. The molecule has 0 atom stereocenters. The third kappa shape index (κ3) is 5.64. The van der Waals surface area contributed by atoms with Gasteiger partial charge in [0.2, 0.25) is 0 Å². The van der Waals surface area contributed by atoms with E-state index in [1.165, 1.54) is 0 Å². The number of ether oxygens (including phenoxy) is 1. The summed E-state index contributed by atoms with van der Waals surface area (Å²) < 4.78 is 5.32. The van der Waals surface area contributed by atoms with Crippen molar-refractivity contribution in [1.29, 1.82) is 0 Å². The Hall–Kier alpha value is -1.71. The molecule has 1 aromatic rings. The summed E-state index contributed by atoms with van der Waals surface area (Å²) in [4.78, 5) is 4.21. The first-order valence-electron chi connectivity index (χ1n) is 6.73. The fourth-order valence-electron chi connectivity index (χ4n) is 1.73. The molecule has 0 radical (unpaired) electrons. The molecule has 0 unspecified atom stereocenters. The third-order valence-corrected chi connectivity index (χ3v) is 2.88. The molecule has 0 aliphatic rings. The van der Waals surface area contributed by atoms with Crippen LogP contribution < -0.4 is 15.4 Å². The van der Waals surface area contributed by atoms with E-state index in [-0.39, 0.29) is 0 Å². The fourth-order valence-corrected chi connectivity index (χ4v) is 1.73. The summed E-state index contributed by atoms with van der Waals surface area (Å²) in [5.74, 6) is 2.42. The number of hydrogen-bond donors (Lipinski definition) is 2. The number of methoxy groups -OCH3 is 1. The second-order valence-electron chi connectivity index (χ2n) is 4.85. The van der Waals surface area contributed by atoms with Crippen LogP contribution in [0.2, 0.25) is 0 Å². The van der Waals surface area contributed by atoms with Crippen molar-refractivity contribution in [2.75, 3.05) is 20.7 Å². The molecule has 0 fully saturated rings. The van der Waals surface area contributed by atoms with Crippen LogP contribution in [0.15, 0.2) is 29.3 Å². The van der Waals surface area contributed by atoms with E-state index < -0.39 is 0 Å². The predicted molar refractivity (Wildman–Crippen MR) is 80.7 cm³/mol. The van der Waals surface area contributed by atoms with Crippen molar-refractivity contribution in [3.63, 3.8) is 0 Å². The van der Waals surface area contributed by atoms with Crippen molar-refractivity contribution >= 4 is 5.96 Å². The van der Waals surface area contributed by atoms with E-state index >= 15 is 0 Å². The van der Waals surface area contributed by atoms with Crippen molar-refractivity contribution in [3.05, 3.63) is 29.8 Å². The van der Waals surface area contributed by atoms with E-state index in [9.17, 15) is 0 Å². The summed E-state index contributed by atoms with van der Waals surface area (Å²) in [6.45, 7) is 6.06. The van der Waals surface area contributed by atoms with E-state index in [1.54, 1.807) is 14.2 Å². The summed E-state index contributed by atoms with van der Waals surface area (Å²) in [5, 5.41) is 6.60. The molecule has 19 heavy (non-hydrogen) atoms. The Morgan fingerprint density at radius 1 is 1.26 bits per heavy atom. The molecule has 0 bridgehead atoms. The first kappa shape index (κ1) is 15.3. The summed E-state index contributed by atoms with van der Waals surface area (Å²) in [6, 6.07) is 7.99. The van der Waals surface area contributed by atoms with Crippen LogP contribution in [-0.4, -0.2) is 26.7 Å². The summed E-state index contributed by atoms with van der Waals surface area (Å²) in [6.07, 6.45) is 1.13. The highest BCUT2D eigenvalue weighted by molar-refractivity contribution is 5.79. The number of nitrogens with one attached hydrogen (secondary N) is 2. The SMILES string of the molecule is CN=C(NCCC(C)C)NCc1ccccc1OC. The summed E-state index contributed by atoms with van der Waals surface area (Å²) in [5.41, 5.74) is 1.12. The molecule has 1 rings (SSSR count). The minimum atomic E-state index is 0.694. The van der Waals surface area contributed by atoms with Crippen LogP contribution in [0.3, 0.4) is 0 Å². The lowest BCUT2D eigenvalue weighted by Crippen LogP contribution is -2.37. The van der Waals surface area contributed by atoms with E-state index in [0.29, 0.717) is 12.5 Å². The number of rotatable bonds is 6. The highest BCUT2D eigenvalue weighted by Gasteiger charge is 2.03. The Balaban J connectivity index is 2.45. The Morgan fingerprint density at radius 2 is 2.00 bits per heavy atom. The van der Waals surface area contributed by atoms with Crippen molar-refractivity contribution in [1.82, 2.24) is 10.6 Å². The Bertz CT molecular complexity index is 402. The van der Waals surface area contributed by atoms with Gasteiger partial charge in [-0.15, -0.1) is 0 Å². The maximum absolute atomic E-state index is 5.32. The molecular weight excluding hydrogens is 238 g/mol. The molecule has 106 valence electrons. The van der Waals surface area contributed by atoms with Gasteiger partial charge in [-0.3, -0.25) is 4.99 Å². The zero-order chi connectivity index (χ0) is 14.1. The molecule has 0 aliphatic heterocycles. The molecule has 1 aromatic carbocycles. The molecule has 0 heterocycles. The van der Waals surface area contributed by atoms with Gasteiger partial charge in [-0.1, -0.05) is 32.0 Å². The maximum Gasteiger partial charge on any atom is 0.191 e. The largest absolute Gasteiger partial charge is 0.496 e. The van der Waals surface area contributed by atoms with Gasteiger partial charge in [0, 0.05) is 25.7 Å². The monoisotopic (exact) mass is 263 g/mol. The van der Waals surface area contributed by atoms with Crippen molar-refractivity contribution in [3.8, 4) is 5.75 Å². The van der Waals surface area contributed by atoms with Gasteiger partial charge in [-0.2, -0.15) is 0 Å². The van der Waals surface area contributed by atoms with Crippen LogP contribution in [0.25, 0.3) is 0 Å². The van der Waals surface area contributed by atoms with Crippen LogP contribution in [0, 0.1) is 5.92 Å². The summed E-state index contributed by atoms with van der Waals surface area (Å²) in [7, 11) is 3.47. The van der Waals surface area contributed by atoms with Crippen LogP contribution in [0.1, 0.15) is 25.8 Å². The number of nitrogens with zero attached hydrogens (tertiary/aromatic N) is 1. The highest BCUT2D eigenvalue weighted by atomic mass is 16.5. The number of benzene rings is 1. The van der Waals surface area contributed by atoms with Crippen molar-refractivity contribution in [2.45, 2.75) is 26.8 Å². The summed E-state index contributed by atoms with van der Waals surface area (Å²) >= 11 is 0. The lowest BCUT2D eigenvalue weighted by Gasteiger charge is -2.14. The maximum atomic E-state index is 5.32. The van der Waals surface area contributed by atoms with Crippen molar-refractivity contribution < 1.29 is 4.74 Å². The molecule has 0 aliphatic carbocycles. The number of para-hydroxylation sites is 1. The molecule has 0 amide bonds. The fraction of sp³-hybridized carbons (Fsp3) is 0.533. The van der Waals surface area contributed by atoms with E-state index in [2.05, 4.69) is 29.5 Å². The Kier molecular flexibility index (Phi) is 6.79. The van der Waals surface area contributed by atoms with Crippen LogP contribution in [0.5, 0.6) is 5.75 Å². The van der Waals surface area contributed by atoms with Gasteiger partial charge in [-0.05, 0) is 18.4 Å². The van der Waals surface area contributed by atoms with Crippen LogP contribution in [0.4, 0.5) is 0 Å². The zero-order valence-electron chi connectivity index (χ0n) is 12.4. The lowest BCUT2D eigenvalue weighted by atomic mass is 10.1. The normalized spacial score (nSPS) is 11.5. The molecule has 0 spiro atoms. The minimum Gasteiger partial charge on any atom is -0.496 e.